The Morgan fingerprint density at radius 1 is 0.328 bits per heavy atom. The molecule has 0 rings (SSSR count). The number of hydrogen-bond donors (Lipinski definition) is 0. The molecule has 0 bridgehead atoms. The van der Waals surface area contributed by atoms with Gasteiger partial charge in [0, 0.05) is 12.8 Å². The van der Waals surface area contributed by atoms with Gasteiger partial charge < -0.3 is 14.2 Å². The molecule has 374 valence electrons. The van der Waals surface area contributed by atoms with E-state index in [1.54, 1.807) is 6.08 Å². The first-order chi connectivity index (χ1) is 33.0. The molecule has 0 aromatic heterocycles. The predicted molar refractivity (Wildman–Crippen MR) is 288 cm³/mol. The molecule has 0 saturated heterocycles. The van der Waals surface area contributed by atoms with Crippen molar-refractivity contribution in [3.8, 4) is 0 Å². The fourth-order valence-corrected chi connectivity index (χ4v) is 6.48. The molecule has 0 aliphatic rings. The van der Waals surface area contributed by atoms with Crippen LogP contribution in [0, 0.1) is 0 Å². The van der Waals surface area contributed by atoms with Gasteiger partial charge >= 0.3 is 17.9 Å². The van der Waals surface area contributed by atoms with Crippen LogP contribution in [0.15, 0.2) is 146 Å². The normalized spacial score (nSPS) is 13.3. The third-order valence-electron chi connectivity index (χ3n) is 10.4. The highest BCUT2D eigenvalue weighted by Crippen LogP contribution is 2.11. The molecule has 0 aromatic carbocycles. The van der Waals surface area contributed by atoms with Gasteiger partial charge in [0.1, 0.15) is 13.2 Å². The molecule has 6 nitrogen and oxygen atoms in total. The SMILES string of the molecule is CC/C=C\C/C=C\C/C=C\C/C=C\C/C=C\C/C=C\CCC(=O)OCC(COC(=O)CCCCCCC/C=C\CCCCCCCC)OC(=O)C/C=C\C/C=C\C/C=C\C/C=C\C/C=C\CC. The van der Waals surface area contributed by atoms with Crippen molar-refractivity contribution in [3.63, 3.8) is 0 Å². The minimum absolute atomic E-state index is 0.0729. The Morgan fingerprint density at radius 2 is 0.657 bits per heavy atom. The first-order valence-corrected chi connectivity index (χ1v) is 26.3. The van der Waals surface area contributed by atoms with E-state index >= 15 is 0 Å². The van der Waals surface area contributed by atoms with Crippen LogP contribution in [-0.2, 0) is 28.6 Å². The van der Waals surface area contributed by atoms with Gasteiger partial charge in [0.2, 0.25) is 0 Å². The van der Waals surface area contributed by atoms with E-state index in [0.29, 0.717) is 19.3 Å². The maximum absolute atomic E-state index is 12.7. The maximum Gasteiger partial charge on any atom is 0.310 e. The van der Waals surface area contributed by atoms with Crippen molar-refractivity contribution in [3.05, 3.63) is 146 Å². The number of carbonyl (C=O) groups excluding carboxylic acids is 3. The highest BCUT2D eigenvalue weighted by Gasteiger charge is 2.19. The average molecular weight is 923 g/mol. The molecule has 0 fully saturated rings. The lowest BCUT2D eigenvalue weighted by molar-refractivity contribution is -0.166. The van der Waals surface area contributed by atoms with Crippen LogP contribution in [0.25, 0.3) is 0 Å². The molecule has 0 aliphatic heterocycles. The second-order valence-corrected chi connectivity index (χ2v) is 16.7. The van der Waals surface area contributed by atoms with E-state index in [4.69, 9.17) is 14.2 Å². The lowest BCUT2D eigenvalue weighted by Crippen LogP contribution is -2.30. The number of hydrogen-bond acceptors (Lipinski definition) is 6. The van der Waals surface area contributed by atoms with E-state index < -0.39 is 18.0 Å². The summed E-state index contributed by atoms with van der Waals surface area (Å²) in [5.74, 6) is -1.19. The summed E-state index contributed by atoms with van der Waals surface area (Å²) in [5.41, 5.74) is 0. The summed E-state index contributed by atoms with van der Waals surface area (Å²) in [7, 11) is 0. The minimum atomic E-state index is -0.872. The predicted octanol–water partition coefficient (Wildman–Crippen LogP) is 17.6. The Labute approximate surface area is 410 Å². The monoisotopic (exact) mass is 923 g/mol. The molecule has 0 saturated carbocycles. The lowest BCUT2D eigenvalue weighted by Gasteiger charge is -2.18. The van der Waals surface area contributed by atoms with Crippen molar-refractivity contribution in [2.24, 2.45) is 0 Å². The molecule has 0 aliphatic carbocycles. The fraction of sp³-hybridized carbons (Fsp3) is 0.557. The quantitative estimate of drug-likeness (QED) is 0.0262. The molecule has 0 spiro atoms. The van der Waals surface area contributed by atoms with Crippen molar-refractivity contribution < 1.29 is 28.6 Å². The largest absolute Gasteiger partial charge is 0.462 e. The molecule has 6 heteroatoms. The van der Waals surface area contributed by atoms with Gasteiger partial charge in [0.05, 0.1) is 6.42 Å². The van der Waals surface area contributed by atoms with Gasteiger partial charge in [-0.2, -0.15) is 0 Å². The Bertz CT molecular complexity index is 1530. The number of unbranched alkanes of at least 4 members (excludes halogenated alkanes) is 11. The van der Waals surface area contributed by atoms with Crippen molar-refractivity contribution >= 4 is 17.9 Å². The zero-order valence-electron chi connectivity index (χ0n) is 42.6. The van der Waals surface area contributed by atoms with E-state index in [-0.39, 0.29) is 32.0 Å². The zero-order valence-corrected chi connectivity index (χ0v) is 42.6. The molecule has 1 atom stereocenters. The average Bonchev–Trinajstić information content (AvgIpc) is 3.33. The topological polar surface area (TPSA) is 78.9 Å². The molecular weight excluding hydrogens is 829 g/mol. The molecule has 1 unspecified atom stereocenters. The summed E-state index contributed by atoms with van der Waals surface area (Å²) in [4.78, 5) is 37.9. The molecular formula is C61H94O6. The van der Waals surface area contributed by atoms with Crippen molar-refractivity contribution in [1.29, 1.82) is 0 Å². The van der Waals surface area contributed by atoms with Crippen LogP contribution in [0.4, 0.5) is 0 Å². The van der Waals surface area contributed by atoms with Crippen LogP contribution in [0.3, 0.4) is 0 Å². The molecule has 0 heterocycles. The van der Waals surface area contributed by atoms with E-state index in [1.165, 1.54) is 51.4 Å². The number of rotatable bonds is 45. The summed E-state index contributed by atoms with van der Waals surface area (Å²) in [6.45, 7) is 6.22. The van der Waals surface area contributed by atoms with E-state index in [2.05, 4.69) is 142 Å². The summed E-state index contributed by atoms with van der Waals surface area (Å²) < 4.78 is 16.6. The Balaban J connectivity index is 4.65. The number of allylic oxidation sites excluding steroid dienone is 23. The zero-order chi connectivity index (χ0) is 48.6. The molecule has 0 radical (unpaired) electrons. The van der Waals surface area contributed by atoms with Gasteiger partial charge in [0.15, 0.2) is 6.10 Å². The molecule has 0 amide bonds. The summed E-state index contributed by atoms with van der Waals surface area (Å²) in [6.07, 6.45) is 77.3. The second kappa shape index (κ2) is 53.9. The van der Waals surface area contributed by atoms with Crippen LogP contribution < -0.4 is 0 Å². The van der Waals surface area contributed by atoms with Gasteiger partial charge in [-0.25, -0.2) is 0 Å². The van der Waals surface area contributed by atoms with Crippen molar-refractivity contribution in [2.75, 3.05) is 13.2 Å². The minimum Gasteiger partial charge on any atom is -0.462 e. The first-order valence-electron chi connectivity index (χ1n) is 26.3. The Hall–Kier alpha value is -4.71. The van der Waals surface area contributed by atoms with E-state index in [1.807, 2.05) is 18.2 Å². The van der Waals surface area contributed by atoms with Crippen LogP contribution in [-0.4, -0.2) is 37.2 Å². The van der Waals surface area contributed by atoms with Gasteiger partial charge in [0.25, 0.3) is 0 Å². The summed E-state index contributed by atoms with van der Waals surface area (Å²) in [5, 5.41) is 0. The maximum atomic E-state index is 12.7. The van der Waals surface area contributed by atoms with E-state index in [0.717, 1.165) is 96.3 Å². The lowest BCUT2D eigenvalue weighted by atomic mass is 10.1. The Kier molecular flexibility index (Phi) is 50.1. The van der Waals surface area contributed by atoms with Gasteiger partial charge in [-0.05, 0) is 109 Å². The van der Waals surface area contributed by atoms with Gasteiger partial charge in [-0.15, -0.1) is 0 Å². The highest BCUT2D eigenvalue weighted by molar-refractivity contribution is 5.72. The van der Waals surface area contributed by atoms with Crippen molar-refractivity contribution in [1.82, 2.24) is 0 Å². The van der Waals surface area contributed by atoms with Crippen LogP contribution in [0.2, 0.25) is 0 Å². The van der Waals surface area contributed by atoms with Crippen LogP contribution in [0.1, 0.15) is 201 Å². The third-order valence-corrected chi connectivity index (χ3v) is 10.4. The first kappa shape index (κ1) is 62.3. The standard InChI is InChI=1S/C61H94O6/c1-4-7-10-13-16-19-22-25-28-29-30-31-34-36-39-42-45-48-51-54-60(63)66-57-58(67-61(64)55-52-49-46-43-40-37-33-27-24-21-18-15-12-9-6-3)56-65-59(62)53-50-47-44-41-38-35-32-26-23-20-17-14-11-8-5-2/h7,9-10,12,16,18-19,21,25-28,30-33,36,39-40,43,45,48-49,52,58H,4-6,8,11,13-15,17,20,22-24,29,34-35,37-38,41-42,44,46-47,50-51,53-57H2,1-3H3/b10-7-,12-9-,19-16-,21-18-,28-25-,31-30-,32-26-,33-27-,39-36-,43-40-,48-45-,52-49-. The third kappa shape index (κ3) is 52.1. The second-order valence-electron chi connectivity index (χ2n) is 16.7. The highest BCUT2D eigenvalue weighted by atomic mass is 16.6. The Morgan fingerprint density at radius 3 is 1.07 bits per heavy atom. The number of esters is 3. The number of carbonyl (C=O) groups is 3. The van der Waals surface area contributed by atoms with Crippen LogP contribution >= 0.6 is 0 Å². The fourth-order valence-electron chi connectivity index (χ4n) is 6.48. The van der Waals surface area contributed by atoms with E-state index in [9.17, 15) is 14.4 Å². The van der Waals surface area contributed by atoms with Crippen molar-refractivity contribution in [2.45, 2.75) is 207 Å². The number of ether oxygens (including phenoxy) is 3. The van der Waals surface area contributed by atoms with Gasteiger partial charge in [-0.1, -0.05) is 218 Å². The van der Waals surface area contributed by atoms with Crippen LogP contribution in [0.5, 0.6) is 0 Å². The molecule has 0 aromatic rings. The smallest absolute Gasteiger partial charge is 0.310 e. The summed E-state index contributed by atoms with van der Waals surface area (Å²) in [6, 6.07) is 0. The summed E-state index contributed by atoms with van der Waals surface area (Å²) >= 11 is 0. The molecule has 67 heavy (non-hydrogen) atoms. The van der Waals surface area contributed by atoms with Gasteiger partial charge in [-0.3, -0.25) is 14.4 Å². The molecule has 0 N–H and O–H groups in total.